The Labute approximate surface area is 159 Å². The Morgan fingerprint density at radius 2 is 1.96 bits per heavy atom. The Bertz CT molecular complexity index is 699. The maximum atomic E-state index is 12.5. The summed E-state index contributed by atoms with van der Waals surface area (Å²) in [5, 5.41) is 6.17. The SMILES string of the molecule is CCNC(=NCc1ccccc1OC(F)F)NCCCN(CC)S(C)(=O)=O. The molecule has 0 aromatic heterocycles. The normalized spacial score (nSPS) is 12.5. The third kappa shape index (κ3) is 9.00. The molecule has 154 valence electrons. The molecule has 0 bridgehead atoms. The molecule has 0 heterocycles. The van der Waals surface area contributed by atoms with Crippen molar-refractivity contribution >= 4 is 16.0 Å². The first-order valence-corrected chi connectivity index (χ1v) is 10.6. The molecule has 0 radical (unpaired) electrons. The number of benzene rings is 1. The molecule has 27 heavy (non-hydrogen) atoms. The first-order valence-electron chi connectivity index (χ1n) is 8.77. The first kappa shape index (κ1) is 23.1. The van der Waals surface area contributed by atoms with Gasteiger partial charge in [-0.05, 0) is 19.4 Å². The van der Waals surface area contributed by atoms with Gasteiger partial charge in [-0.2, -0.15) is 8.78 Å². The highest BCUT2D eigenvalue weighted by Crippen LogP contribution is 2.20. The molecular weight excluding hydrogens is 378 g/mol. The van der Waals surface area contributed by atoms with Gasteiger partial charge >= 0.3 is 6.61 Å². The summed E-state index contributed by atoms with van der Waals surface area (Å²) in [4.78, 5) is 4.37. The van der Waals surface area contributed by atoms with Gasteiger partial charge in [0, 0.05) is 31.7 Å². The van der Waals surface area contributed by atoms with E-state index in [-0.39, 0.29) is 12.3 Å². The predicted molar refractivity (Wildman–Crippen MR) is 103 cm³/mol. The van der Waals surface area contributed by atoms with Crippen LogP contribution in [-0.2, 0) is 16.6 Å². The molecule has 0 saturated carbocycles. The van der Waals surface area contributed by atoms with Crippen molar-refractivity contribution in [1.82, 2.24) is 14.9 Å². The molecule has 7 nitrogen and oxygen atoms in total. The summed E-state index contributed by atoms with van der Waals surface area (Å²) in [5.41, 5.74) is 0.546. The number of halogens is 2. The minimum atomic E-state index is -3.20. The van der Waals surface area contributed by atoms with Gasteiger partial charge in [0.15, 0.2) is 5.96 Å². The number of guanidine groups is 1. The van der Waals surface area contributed by atoms with Crippen LogP contribution in [0.4, 0.5) is 8.78 Å². The molecule has 0 unspecified atom stereocenters. The van der Waals surface area contributed by atoms with Gasteiger partial charge in [0.25, 0.3) is 0 Å². The fourth-order valence-corrected chi connectivity index (χ4v) is 3.30. The Morgan fingerprint density at radius 1 is 1.26 bits per heavy atom. The van der Waals surface area contributed by atoms with Gasteiger partial charge in [-0.1, -0.05) is 25.1 Å². The van der Waals surface area contributed by atoms with Gasteiger partial charge in [0.1, 0.15) is 5.75 Å². The maximum Gasteiger partial charge on any atom is 0.387 e. The Balaban J connectivity index is 2.63. The number of sulfonamides is 1. The lowest BCUT2D eigenvalue weighted by molar-refractivity contribution is -0.0504. The molecule has 0 spiro atoms. The molecule has 1 aromatic carbocycles. The molecule has 10 heteroatoms. The summed E-state index contributed by atoms with van der Waals surface area (Å²) < 4.78 is 54.0. The van der Waals surface area contributed by atoms with Crippen molar-refractivity contribution in [3.8, 4) is 5.75 Å². The minimum Gasteiger partial charge on any atom is -0.434 e. The number of hydrogen-bond acceptors (Lipinski definition) is 4. The molecule has 0 aliphatic carbocycles. The van der Waals surface area contributed by atoms with Crippen molar-refractivity contribution in [3.05, 3.63) is 29.8 Å². The van der Waals surface area contributed by atoms with Gasteiger partial charge in [-0.3, -0.25) is 0 Å². The molecule has 0 fully saturated rings. The van der Waals surface area contributed by atoms with Crippen LogP contribution in [0.1, 0.15) is 25.8 Å². The molecular formula is C17H28F2N4O3S. The molecule has 0 atom stereocenters. The molecule has 1 aromatic rings. The summed E-state index contributed by atoms with van der Waals surface area (Å²) in [6.45, 7) is 2.96. The number of rotatable bonds is 11. The van der Waals surface area contributed by atoms with Crippen LogP contribution < -0.4 is 15.4 Å². The van der Waals surface area contributed by atoms with E-state index in [4.69, 9.17) is 0 Å². The summed E-state index contributed by atoms with van der Waals surface area (Å²) in [6.07, 6.45) is 1.80. The zero-order valence-electron chi connectivity index (χ0n) is 15.9. The van der Waals surface area contributed by atoms with E-state index in [1.54, 1.807) is 25.1 Å². The highest BCUT2D eigenvalue weighted by atomic mass is 32.2. The van der Waals surface area contributed by atoms with Crippen LogP contribution in [0.2, 0.25) is 0 Å². The largest absolute Gasteiger partial charge is 0.434 e. The molecule has 0 amide bonds. The number of alkyl halides is 2. The Hall–Kier alpha value is -1.94. The van der Waals surface area contributed by atoms with Gasteiger partial charge < -0.3 is 15.4 Å². The summed E-state index contributed by atoms with van der Waals surface area (Å²) in [6, 6.07) is 6.50. The average molecular weight is 406 g/mol. The second-order valence-electron chi connectivity index (χ2n) is 5.72. The fraction of sp³-hybridized carbons (Fsp3) is 0.588. The quantitative estimate of drug-likeness (QED) is 0.334. The standard InChI is InChI=1S/C17H28F2N4O3S/c1-4-20-17(21-11-8-12-23(5-2)27(3,24)25)22-13-14-9-6-7-10-15(14)26-16(18)19/h6-7,9-10,16H,4-5,8,11-13H2,1-3H3,(H2,20,21,22). The van der Waals surface area contributed by atoms with E-state index in [0.29, 0.717) is 44.1 Å². The van der Waals surface area contributed by atoms with Crippen molar-refractivity contribution in [2.75, 3.05) is 32.4 Å². The minimum absolute atomic E-state index is 0.0961. The lowest BCUT2D eigenvalue weighted by Gasteiger charge is -2.18. The second kappa shape index (κ2) is 11.7. The smallest absolute Gasteiger partial charge is 0.387 e. The number of aliphatic imine (C=N–C) groups is 1. The van der Waals surface area contributed by atoms with E-state index in [1.165, 1.54) is 16.6 Å². The number of nitrogens with one attached hydrogen (secondary N) is 2. The highest BCUT2D eigenvalue weighted by molar-refractivity contribution is 7.88. The summed E-state index contributed by atoms with van der Waals surface area (Å²) >= 11 is 0. The Morgan fingerprint density at radius 3 is 2.56 bits per heavy atom. The lowest BCUT2D eigenvalue weighted by Crippen LogP contribution is -2.39. The lowest BCUT2D eigenvalue weighted by atomic mass is 10.2. The topological polar surface area (TPSA) is 83.0 Å². The van der Waals surface area contributed by atoms with Crippen LogP contribution >= 0.6 is 0 Å². The molecule has 1 rings (SSSR count). The summed E-state index contributed by atoms with van der Waals surface area (Å²) in [5.74, 6) is 0.616. The van der Waals surface area contributed by atoms with E-state index in [1.807, 2.05) is 6.92 Å². The fourth-order valence-electron chi connectivity index (χ4n) is 2.37. The van der Waals surface area contributed by atoms with Crippen LogP contribution in [-0.4, -0.2) is 57.7 Å². The van der Waals surface area contributed by atoms with E-state index in [0.717, 1.165) is 0 Å². The average Bonchev–Trinajstić information content (AvgIpc) is 2.59. The zero-order valence-corrected chi connectivity index (χ0v) is 16.7. The highest BCUT2D eigenvalue weighted by Gasteiger charge is 2.13. The summed E-state index contributed by atoms with van der Waals surface area (Å²) in [7, 11) is -3.20. The van der Waals surface area contributed by atoms with E-state index >= 15 is 0 Å². The van der Waals surface area contributed by atoms with Crippen molar-refractivity contribution in [2.24, 2.45) is 4.99 Å². The van der Waals surface area contributed by atoms with Crippen LogP contribution in [0.25, 0.3) is 0 Å². The van der Waals surface area contributed by atoms with Gasteiger partial charge in [0.05, 0.1) is 12.8 Å². The van der Waals surface area contributed by atoms with Crippen LogP contribution in [0.3, 0.4) is 0 Å². The van der Waals surface area contributed by atoms with Crippen LogP contribution in [0, 0.1) is 0 Å². The van der Waals surface area contributed by atoms with E-state index in [9.17, 15) is 17.2 Å². The predicted octanol–water partition coefficient (Wildman–Crippen LogP) is 2.01. The monoisotopic (exact) mass is 406 g/mol. The number of para-hydroxylation sites is 1. The molecule has 0 aliphatic heterocycles. The van der Waals surface area contributed by atoms with Crippen LogP contribution in [0.5, 0.6) is 5.75 Å². The van der Waals surface area contributed by atoms with Gasteiger partial charge in [-0.25, -0.2) is 17.7 Å². The zero-order chi connectivity index (χ0) is 20.3. The molecule has 2 N–H and O–H groups in total. The van der Waals surface area contributed by atoms with Crippen molar-refractivity contribution in [1.29, 1.82) is 0 Å². The number of ether oxygens (including phenoxy) is 1. The van der Waals surface area contributed by atoms with E-state index in [2.05, 4.69) is 20.4 Å². The second-order valence-corrected chi connectivity index (χ2v) is 7.70. The third-order valence-corrected chi connectivity index (χ3v) is 5.02. The van der Waals surface area contributed by atoms with Crippen molar-refractivity contribution in [3.63, 3.8) is 0 Å². The molecule has 0 aliphatic rings. The first-order chi connectivity index (χ1) is 12.8. The van der Waals surface area contributed by atoms with Crippen LogP contribution in [0.15, 0.2) is 29.3 Å². The van der Waals surface area contributed by atoms with Crippen molar-refractivity contribution in [2.45, 2.75) is 33.4 Å². The van der Waals surface area contributed by atoms with Gasteiger partial charge in [-0.15, -0.1) is 0 Å². The van der Waals surface area contributed by atoms with Crippen molar-refractivity contribution < 1.29 is 21.9 Å². The molecule has 0 saturated heterocycles. The number of hydrogen-bond donors (Lipinski definition) is 2. The third-order valence-electron chi connectivity index (χ3n) is 3.64. The number of nitrogens with zero attached hydrogens (tertiary/aromatic N) is 2. The van der Waals surface area contributed by atoms with Gasteiger partial charge in [0.2, 0.25) is 10.0 Å². The maximum absolute atomic E-state index is 12.5. The Kier molecular flexibility index (Phi) is 10.0. The van der Waals surface area contributed by atoms with E-state index < -0.39 is 16.6 Å².